The summed E-state index contributed by atoms with van der Waals surface area (Å²) in [6, 6.07) is 4.65. The Morgan fingerprint density at radius 3 is 2.71 bits per heavy atom. The van der Waals surface area contributed by atoms with Crippen molar-refractivity contribution in [3.63, 3.8) is 0 Å². The molecule has 1 aromatic rings. The van der Waals surface area contributed by atoms with Gasteiger partial charge in [-0.25, -0.2) is 4.98 Å². The third-order valence-electron chi connectivity index (χ3n) is 3.49. The minimum atomic E-state index is 0.456. The first kappa shape index (κ1) is 12.9. The molecule has 17 heavy (non-hydrogen) atoms. The molecule has 1 aromatic heterocycles. The van der Waals surface area contributed by atoms with E-state index in [-0.39, 0.29) is 0 Å². The highest BCUT2D eigenvalue weighted by molar-refractivity contribution is 9.10. The van der Waals surface area contributed by atoms with E-state index in [4.69, 9.17) is 0 Å². The maximum atomic E-state index is 4.25. The van der Waals surface area contributed by atoms with Gasteiger partial charge in [-0.15, -0.1) is 0 Å². The Bertz CT molecular complexity index is 372. The Labute approximate surface area is 112 Å². The van der Waals surface area contributed by atoms with Crippen molar-refractivity contribution in [3.05, 3.63) is 22.9 Å². The SMILES string of the molecule is CC1CC(Nc2ccc(Br)nc2)CC(C)(C)C1. The predicted molar refractivity (Wildman–Crippen MR) is 76.1 cm³/mol. The maximum Gasteiger partial charge on any atom is 0.106 e. The Balaban J connectivity index is 2.01. The largest absolute Gasteiger partial charge is 0.381 e. The van der Waals surface area contributed by atoms with Gasteiger partial charge in [0.15, 0.2) is 0 Å². The topological polar surface area (TPSA) is 24.9 Å². The van der Waals surface area contributed by atoms with Crippen molar-refractivity contribution >= 4 is 21.6 Å². The Morgan fingerprint density at radius 1 is 1.35 bits per heavy atom. The molecule has 0 amide bonds. The number of nitrogens with one attached hydrogen (secondary N) is 1. The number of halogens is 1. The van der Waals surface area contributed by atoms with Gasteiger partial charge in [0.25, 0.3) is 0 Å². The summed E-state index contributed by atoms with van der Waals surface area (Å²) in [4.78, 5) is 4.25. The molecule has 1 N–H and O–H groups in total. The van der Waals surface area contributed by atoms with Crippen LogP contribution < -0.4 is 5.32 Å². The van der Waals surface area contributed by atoms with Gasteiger partial charge in [-0.05, 0) is 58.7 Å². The van der Waals surface area contributed by atoms with Crippen molar-refractivity contribution in [1.29, 1.82) is 0 Å². The summed E-state index contributed by atoms with van der Waals surface area (Å²) >= 11 is 3.36. The molecule has 0 radical (unpaired) electrons. The lowest BCUT2D eigenvalue weighted by atomic mass is 9.70. The predicted octanol–water partition coefficient (Wildman–Crippen LogP) is 4.47. The van der Waals surface area contributed by atoms with E-state index in [0.717, 1.165) is 16.2 Å². The van der Waals surface area contributed by atoms with Crippen LogP contribution in [0.25, 0.3) is 0 Å². The lowest BCUT2D eigenvalue weighted by molar-refractivity contribution is 0.178. The lowest BCUT2D eigenvalue weighted by Crippen LogP contribution is -2.35. The van der Waals surface area contributed by atoms with Crippen molar-refractivity contribution in [2.24, 2.45) is 11.3 Å². The Morgan fingerprint density at radius 2 is 2.12 bits per heavy atom. The van der Waals surface area contributed by atoms with E-state index < -0.39 is 0 Å². The molecule has 1 saturated carbocycles. The van der Waals surface area contributed by atoms with Crippen LogP contribution in [0.15, 0.2) is 22.9 Å². The van der Waals surface area contributed by atoms with Crippen molar-refractivity contribution in [1.82, 2.24) is 4.98 Å². The van der Waals surface area contributed by atoms with E-state index in [0.29, 0.717) is 11.5 Å². The molecule has 0 saturated heterocycles. The highest BCUT2D eigenvalue weighted by Gasteiger charge is 2.31. The lowest BCUT2D eigenvalue weighted by Gasteiger charge is -2.39. The molecule has 0 aliphatic heterocycles. The summed E-state index contributed by atoms with van der Waals surface area (Å²) in [5, 5.41) is 3.61. The fourth-order valence-corrected chi connectivity index (χ4v) is 3.39. The zero-order valence-corrected chi connectivity index (χ0v) is 12.4. The van der Waals surface area contributed by atoms with Gasteiger partial charge in [-0.1, -0.05) is 20.8 Å². The zero-order chi connectivity index (χ0) is 12.5. The first-order valence-corrected chi connectivity index (χ1v) is 7.12. The number of aromatic nitrogens is 1. The first-order valence-electron chi connectivity index (χ1n) is 6.33. The van der Waals surface area contributed by atoms with Gasteiger partial charge < -0.3 is 5.32 Å². The standard InChI is InChI=1S/C14H21BrN2/c1-10-6-12(8-14(2,3)7-10)17-11-4-5-13(15)16-9-11/h4-5,9-10,12,17H,6-8H2,1-3H3. The van der Waals surface area contributed by atoms with Crippen LogP contribution in [0.2, 0.25) is 0 Å². The average molecular weight is 297 g/mol. The molecule has 0 spiro atoms. The molecule has 0 aromatic carbocycles. The van der Waals surface area contributed by atoms with Gasteiger partial charge in [-0.2, -0.15) is 0 Å². The number of nitrogens with zero attached hydrogens (tertiary/aromatic N) is 1. The van der Waals surface area contributed by atoms with E-state index in [1.54, 1.807) is 0 Å². The minimum absolute atomic E-state index is 0.456. The molecule has 2 atom stereocenters. The van der Waals surface area contributed by atoms with Crippen LogP contribution in [0.3, 0.4) is 0 Å². The molecule has 1 aliphatic rings. The molecular formula is C14H21BrN2. The zero-order valence-electron chi connectivity index (χ0n) is 10.8. The van der Waals surface area contributed by atoms with E-state index in [1.807, 2.05) is 12.3 Å². The quantitative estimate of drug-likeness (QED) is 0.815. The third kappa shape index (κ3) is 3.70. The van der Waals surface area contributed by atoms with Crippen molar-refractivity contribution < 1.29 is 0 Å². The van der Waals surface area contributed by atoms with Crippen LogP contribution >= 0.6 is 15.9 Å². The summed E-state index contributed by atoms with van der Waals surface area (Å²) in [7, 11) is 0. The average Bonchev–Trinajstić information content (AvgIpc) is 2.18. The van der Waals surface area contributed by atoms with Crippen LogP contribution in [0.4, 0.5) is 5.69 Å². The fraction of sp³-hybridized carbons (Fsp3) is 0.643. The van der Waals surface area contributed by atoms with Crippen molar-refractivity contribution in [2.45, 2.75) is 46.1 Å². The van der Waals surface area contributed by atoms with Gasteiger partial charge in [-0.3, -0.25) is 0 Å². The van der Waals surface area contributed by atoms with Crippen LogP contribution in [0.1, 0.15) is 40.0 Å². The van der Waals surface area contributed by atoms with E-state index in [1.165, 1.54) is 19.3 Å². The Kier molecular flexibility index (Phi) is 3.76. The van der Waals surface area contributed by atoms with Gasteiger partial charge >= 0.3 is 0 Å². The molecule has 2 rings (SSSR count). The van der Waals surface area contributed by atoms with E-state index in [9.17, 15) is 0 Å². The second kappa shape index (κ2) is 4.97. The first-order chi connectivity index (χ1) is 7.94. The summed E-state index contributed by atoms with van der Waals surface area (Å²) in [6.07, 6.45) is 5.74. The Hall–Kier alpha value is -0.570. The number of pyridine rings is 1. The maximum absolute atomic E-state index is 4.25. The number of hydrogen-bond donors (Lipinski definition) is 1. The highest BCUT2D eigenvalue weighted by Crippen LogP contribution is 2.39. The van der Waals surface area contributed by atoms with Crippen LogP contribution in [0.5, 0.6) is 0 Å². The van der Waals surface area contributed by atoms with Gasteiger partial charge in [0.05, 0.1) is 11.9 Å². The van der Waals surface area contributed by atoms with Crippen LogP contribution in [-0.4, -0.2) is 11.0 Å². The molecule has 1 fully saturated rings. The van der Waals surface area contributed by atoms with Crippen LogP contribution in [0, 0.1) is 11.3 Å². The number of anilines is 1. The highest BCUT2D eigenvalue weighted by atomic mass is 79.9. The van der Waals surface area contributed by atoms with Crippen molar-refractivity contribution in [3.8, 4) is 0 Å². The summed E-state index contributed by atoms with van der Waals surface area (Å²) < 4.78 is 0.889. The summed E-state index contributed by atoms with van der Waals surface area (Å²) in [5.41, 5.74) is 1.58. The third-order valence-corrected chi connectivity index (χ3v) is 3.95. The molecule has 1 heterocycles. The molecule has 1 aliphatic carbocycles. The molecule has 0 bridgehead atoms. The van der Waals surface area contributed by atoms with Crippen LogP contribution in [-0.2, 0) is 0 Å². The molecule has 2 unspecified atom stereocenters. The number of rotatable bonds is 2. The fourth-order valence-electron chi connectivity index (χ4n) is 3.15. The second-order valence-corrected chi connectivity index (χ2v) is 6.94. The number of hydrogen-bond acceptors (Lipinski definition) is 2. The van der Waals surface area contributed by atoms with Gasteiger partial charge in [0, 0.05) is 6.04 Å². The van der Waals surface area contributed by atoms with Gasteiger partial charge in [0.2, 0.25) is 0 Å². The minimum Gasteiger partial charge on any atom is -0.381 e. The van der Waals surface area contributed by atoms with E-state index >= 15 is 0 Å². The molecule has 2 nitrogen and oxygen atoms in total. The molecule has 94 valence electrons. The van der Waals surface area contributed by atoms with E-state index in [2.05, 4.69) is 53.1 Å². The van der Waals surface area contributed by atoms with Crippen molar-refractivity contribution in [2.75, 3.05) is 5.32 Å². The van der Waals surface area contributed by atoms with Gasteiger partial charge in [0.1, 0.15) is 4.60 Å². The smallest absolute Gasteiger partial charge is 0.106 e. The summed E-state index contributed by atoms with van der Waals surface area (Å²) in [6.45, 7) is 7.10. The monoisotopic (exact) mass is 296 g/mol. The normalized spacial score (nSPS) is 27.8. The molecule has 3 heteroatoms. The molecular weight excluding hydrogens is 276 g/mol. The second-order valence-electron chi connectivity index (χ2n) is 6.12. The summed E-state index contributed by atoms with van der Waals surface area (Å²) in [5.74, 6) is 0.805.